The van der Waals surface area contributed by atoms with Gasteiger partial charge in [0.15, 0.2) is 0 Å². The summed E-state index contributed by atoms with van der Waals surface area (Å²) >= 11 is 6.18. The number of aryl methyl sites for hydroxylation is 1. The highest BCUT2D eigenvalue weighted by Crippen LogP contribution is 2.35. The molecular weight excluding hydrogens is 432 g/mol. The lowest BCUT2D eigenvalue weighted by Crippen LogP contribution is -2.34. The van der Waals surface area contributed by atoms with Gasteiger partial charge in [0.2, 0.25) is 11.9 Å². The molecule has 0 bridgehead atoms. The fourth-order valence-corrected chi connectivity index (χ4v) is 3.51. The van der Waals surface area contributed by atoms with Gasteiger partial charge < -0.3 is 19.7 Å². The van der Waals surface area contributed by atoms with E-state index in [2.05, 4.69) is 10.3 Å². The maximum Gasteiger partial charge on any atom is 0.255 e. The number of hydrogen-bond acceptors (Lipinski definition) is 6. The molecular formula is C23H25ClN4O4. The second-order valence-corrected chi connectivity index (χ2v) is 7.61. The molecule has 0 fully saturated rings. The van der Waals surface area contributed by atoms with Gasteiger partial charge in [-0.3, -0.25) is 14.2 Å². The van der Waals surface area contributed by atoms with E-state index in [0.29, 0.717) is 40.4 Å². The summed E-state index contributed by atoms with van der Waals surface area (Å²) in [5.41, 5.74) is 1.68. The number of carbonyl (C=O) groups is 1. The number of rotatable bonds is 8. The van der Waals surface area contributed by atoms with Gasteiger partial charge in [0.05, 0.1) is 24.9 Å². The Morgan fingerprint density at radius 2 is 1.81 bits per heavy atom. The predicted octanol–water partition coefficient (Wildman–Crippen LogP) is 3.50. The Kier molecular flexibility index (Phi) is 7.37. The highest BCUT2D eigenvalue weighted by molar-refractivity contribution is 6.32. The zero-order valence-corrected chi connectivity index (χ0v) is 19.1. The van der Waals surface area contributed by atoms with Gasteiger partial charge in [-0.15, -0.1) is 0 Å². The molecule has 0 aliphatic rings. The summed E-state index contributed by atoms with van der Waals surface area (Å²) < 4.78 is 11.8. The first-order valence-electron chi connectivity index (χ1n) is 9.87. The van der Waals surface area contributed by atoms with Crippen LogP contribution in [0.25, 0.3) is 0 Å². The van der Waals surface area contributed by atoms with Gasteiger partial charge in [-0.05, 0) is 18.6 Å². The highest BCUT2D eigenvalue weighted by atomic mass is 35.5. The third-order valence-corrected chi connectivity index (χ3v) is 5.07. The number of nitrogens with zero attached hydrogens (tertiary/aromatic N) is 3. The Balaban J connectivity index is 1.86. The molecule has 0 aliphatic heterocycles. The van der Waals surface area contributed by atoms with Gasteiger partial charge in [-0.1, -0.05) is 41.9 Å². The van der Waals surface area contributed by atoms with Crippen LogP contribution < -0.4 is 25.2 Å². The molecule has 0 unspecified atom stereocenters. The second kappa shape index (κ2) is 10.2. The van der Waals surface area contributed by atoms with E-state index in [9.17, 15) is 9.59 Å². The Morgan fingerprint density at radius 3 is 2.47 bits per heavy atom. The van der Waals surface area contributed by atoms with Gasteiger partial charge in [0.25, 0.3) is 5.56 Å². The molecule has 0 aliphatic carbocycles. The molecule has 0 saturated carbocycles. The lowest BCUT2D eigenvalue weighted by atomic mass is 10.2. The zero-order valence-electron chi connectivity index (χ0n) is 18.4. The largest absolute Gasteiger partial charge is 0.495 e. The van der Waals surface area contributed by atoms with Crippen LogP contribution in [0.2, 0.25) is 5.02 Å². The van der Waals surface area contributed by atoms with Crippen LogP contribution in [0, 0.1) is 6.92 Å². The van der Waals surface area contributed by atoms with Crippen LogP contribution in [0.1, 0.15) is 11.3 Å². The SMILES string of the molecule is COc1cc(OC)c(NC(=O)Cn2c(N(C)Cc3ccccc3)nc(C)cc2=O)cc1Cl. The number of anilines is 2. The number of hydrogen-bond donors (Lipinski definition) is 1. The van der Waals surface area contributed by atoms with Crippen LogP contribution in [-0.4, -0.2) is 36.7 Å². The number of ether oxygens (including phenoxy) is 2. The lowest BCUT2D eigenvalue weighted by Gasteiger charge is -2.22. The fourth-order valence-electron chi connectivity index (χ4n) is 3.26. The van der Waals surface area contributed by atoms with Gasteiger partial charge in [0, 0.05) is 31.4 Å². The van der Waals surface area contributed by atoms with E-state index in [1.54, 1.807) is 13.0 Å². The van der Waals surface area contributed by atoms with Crippen molar-refractivity contribution in [1.29, 1.82) is 0 Å². The molecule has 1 N–H and O–H groups in total. The molecule has 3 rings (SSSR count). The number of carbonyl (C=O) groups excluding carboxylic acids is 1. The van der Waals surface area contributed by atoms with Crippen LogP contribution >= 0.6 is 11.6 Å². The van der Waals surface area contributed by atoms with Crippen molar-refractivity contribution in [2.24, 2.45) is 0 Å². The molecule has 32 heavy (non-hydrogen) atoms. The van der Waals surface area contributed by atoms with Crippen LogP contribution in [0.15, 0.2) is 53.3 Å². The number of aromatic nitrogens is 2. The quantitative estimate of drug-likeness (QED) is 0.558. The van der Waals surface area contributed by atoms with Crippen molar-refractivity contribution in [3.05, 3.63) is 75.2 Å². The van der Waals surface area contributed by atoms with E-state index in [-0.39, 0.29) is 12.1 Å². The summed E-state index contributed by atoms with van der Waals surface area (Å²) in [7, 11) is 4.79. The number of benzene rings is 2. The molecule has 8 nitrogen and oxygen atoms in total. The Labute approximate surface area is 191 Å². The third kappa shape index (κ3) is 5.39. The van der Waals surface area contributed by atoms with Crippen molar-refractivity contribution in [3.8, 4) is 11.5 Å². The second-order valence-electron chi connectivity index (χ2n) is 7.20. The first-order valence-corrected chi connectivity index (χ1v) is 10.2. The third-order valence-electron chi connectivity index (χ3n) is 4.77. The summed E-state index contributed by atoms with van der Waals surface area (Å²) in [6.45, 7) is 2.05. The molecule has 1 amide bonds. The fraction of sp³-hybridized carbons (Fsp3) is 0.261. The molecule has 2 aromatic carbocycles. The van der Waals surface area contributed by atoms with Crippen molar-refractivity contribution in [2.45, 2.75) is 20.0 Å². The normalized spacial score (nSPS) is 10.5. The predicted molar refractivity (Wildman–Crippen MR) is 125 cm³/mol. The minimum Gasteiger partial charge on any atom is -0.495 e. The molecule has 0 atom stereocenters. The summed E-state index contributed by atoms with van der Waals surface area (Å²) in [6, 6.07) is 14.3. The Hall–Kier alpha value is -3.52. The topological polar surface area (TPSA) is 85.7 Å². The molecule has 3 aromatic rings. The van der Waals surface area contributed by atoms with E-state index >= 15 is 0 Å². The average Bonchev–Trinajstić information content (AvgIpc) is 2.76. The van der Waals surface area contributed by atoms with Crippen LogP contribution in [-0.2, 0) is 17.9 Å². The minimum atomic E-state index is -0.424. The number of methoxy groups -OCH3 is 2. The van der Waals surface area contributed by atoms with E-state index in [4.69, 9.17) is 21.1 Å². The Morgan fingerprint density at radius 1 is 1.12 bits per heavy atom. The first-order chi connectivity index (χ1) is 15.3. The van der Waals surface area contributed by atoms with E-state index in [1.807, 2.05) is 42.3 Å². The maximum absolute atomic E-state index is 12.8. The first kappa shape index (κ1) is 23.1. The van der Waals surface area contributed by atoms with Crippen molar-refractivity contribution >= 4 is 29.1 Å². The molecule has 0 spiro atoms. The van der Waals surface area contributed by atoms with Crippen LogP contribution in [0.5, 0.6) is 11.5 Å². The molecule has 168 valence electrons. The summed E-state index contributed by atoms with van der Waals surface area (Å²) in [5.74, 6) is 0.779. The van der Waals surface area contributed by atoms with Crippen molar-refractivity contribution < 1.29 is 14.3 Å². The molecule has 9 heteroatoms. The average molecular weight is 457 g/mol. The van der Waals surface area contributed by atoms with Gasteiger partial charge in [-0.2, -0.15) is 0 Å². The lowest BCUT2D eigenvalue weighted by molar-refractivity contribution is -0.116. The Bertz CT molecular complexity index is 1160. The minimum absolute atomic E-state index is 0.229. The standard InChI is InChI=1S/C23H25ClN4O4/c1-15-10-22(30)28(23(25-15)27(2)13-16-8-6-5-7-9-16)14-21(29)26-18-11-17(24)19(31-3)12-20(18)32-4/h5-12H,13-14H2,1-4H3,(H,26,29). The van der Waals surface area contributed by atoms with Crippen LogP contribution in [0.3, 0.4) is 0 Å². The molecule has 1 heterocycles. The van der Waals surface area contributed by atoms with Gasteiger partial charge in [-0.25, -0.2) is 4.98 Å². The van der Waals surface area contributed by atoms with E-state index in [1.165, 1.54) is 30.9 Å². The zero-order chi connectivity index (χ0) is 23.3. The van der Waals surface area contributed by atoms with Crippen molar-refractivity contribution in [3.63, 3.8) is 0 Å². The highest BCUT2D eigenvalue weighted by Gasteiger charge is 2.17. The molecule has 0 radical (unpaired) electrons. The number of nitrogens with one attached hydrogen (secondary N) is 1. The number of amides is 1. The van der Waals surface area contributed by atoms with Crippen molar-refractivity contribution in [1.82, 2.24) is 9.55 Å². The van der Waals surface area contributed by atoms with E-state index in [0.717, 1.165) is 5.56 Å². The van der Waals surface area contributed by atoms with E-state index < -0.39 is 5.91 Å². The maximum atomic E-state index is 12.8. The number of halogens is 1. The molecule has 1 aromatic heterocycles. The molecule has 0 saturated heterocycles. The van der Waals surface area contributed by atoms with Gasteiger partial charge in [0.1, 0.15) is 18.0 Å². The summed E-state index contributed by atoms with van der Waals surface area (Å²) in [5, 5.41) is 3.07. The summed E-state index contributed by atoms with van der Waals surface area (Å²) in [4.78, 5) is 31.9. The van der Waals surface area contributed by atoms with Crippen LogP contribution in [0.4, 0.5) is 11.6 Å². The van der Waals surface area contributed by atoms with Gasteiger partial charge >= 0.3 is 0 Å². The van der Waals surface area contributed by atoms with Crippen molar-refractivity contribution in [2.75, 3.05) is 31.5 Å². The summed E-state index contributed by atoms with van der Waals surface area (Å²) in [6.07, 6.45) is 0. The monoisotopic (exact) mass is 456 g/mol. The smallest absolute Gasteiger partial charge is 0.255 e.